The summed E-state index contributed by atoms with van der Waals surface area (Å²) in [4.78, 5) is 17.4. The molecule has 2 saturated heterocycles. The van der Waals surface area contributed by atoms with Crippen molar-refractivity contribution in [1.29, 1.82) is 0 Å². The van der Waals surface area contributed by atoms with Crippen LogP contribution in [0.1, 0.15) is 30.0 Å². The summed E-state index contributed by atoms with van der Waals surface area (Å²) in [6.45, 7) is 5.31. The third kappa shape index (κ3) is 4.40. The molecule has 1 unspecified atom stereocenters. The van der Waals surface area contributed by atoms with Crippen molar-refractivity contribution in [3.63, 3.8) is 0 Å². The van der Waals surface area contributed by atoms with Gasteiger partial charge in [0, 0.05) is 37.1 Å². The molecule has 4 nitrogen and oxygen atoms in total. The second-order valence-electron chi connectivity index (χ2n) is 7.75. The summed E-state index contributed by atoms with van der Waals surface area (Å²) in [5.74, 6) is 0.554. The van der Waals surface area contributed by atoms with Gasteiger partial charge in [0.2, 0.25) is 5.91 Å². The number of rotatable bonds is 4. The van der Waals surface area contributed by atoms with Crippen LogP contribution in [0.5, 0.6) is 0 Å². The SMILES string of the molecule is O=C(C1CCNCC1)N1CCN(C(c2ccccc2)c2ccc(Cl)cc2)CC1. The maximum absolute atomic E-state index is 12.9. The zero-order valence-corrected chi connectivity index (χ0v) is 16.9. The predicted molar refractivity (Wildman–Crippen MR) is 113 cm³/mol. The summed E-state index contributed by atoms with van der Waals surface area (Å²) in [6.07, 6.45) is 1.94. The van der Waals surface area contributed by atoms with Gasteiger partial charge in [-0.05, 0) is 49.2 Å². The molecular weight excluding hydrogens is 370 g/mol. The number of piperidine rings is 1. The fourth-order valence-corrected chi connectivity index (χ4v) is 4.55. The number of hydrogen-bond acceptors (Lipinski definition) is 3. The highest BCUT2D eigenvalue weighted by atomic mass is 35.5. The fraction of sp³-hybridized carbons (Fsp3) is 0.435. The van der Waals surface area contributed by atoms with E-state index in [4.69, 9.17) is 11.6 Å². The molecule has 2 aromatic carbocycles. The van der Waals surface area contributed by atoms with Crippen LogP contribution >= 0.6 is 11.6 Å². The van der Waals surface area contributed by atoms with Crippen molar-refractivity contribution in [1.82, 2.24) is 15.1 Å². The number of nitrogens with one attached hydrogen (secondary N) is 1. The Bertz CT molecular complexity index is 766. The van der Waals surface area contributed by atoms with E-state index in [1.165, 1.54) is 11.1 Å². The topological polar surface area (TPSA) is 35.6 Å². The molecule has 1 atom stereocenters. The normalized spacial score (nSPS) is 20.1. The summed E-state index contributed by atoms with van der Waals surface area (Å²) in [5, 5.41) is 4.10. The maximum atomic E-state index is 12.9. The van der Waals surface area contributed by atoms with Crippen LogP contribution in [0.15, 0.2) is 54.6 Å². The van der Waals surface area contributed by atoms with Gasteiger partial charge in [-0.1, -0.05) is 54.1 Å². The smallest absolute Gasteiger partial charge is 0.225 e. The molecule has 0 radical (unpaired) electrons. The lowest BCUT2D eigenvalue weighted by atomic mass is 9.95. The van der Waals surface area contributed by atoms with Crippen molar-refractivity contribution < 1.29 is 4.79 Å². The van der Waals surface area contributed by atoms with Crippen LogP contribution in [-0.2, 0) is 4.79 Å². The van der Waals surface area contributed by atoms with Gasteiger partial charge < -0.3 is 10.2 Å². The molecule has 0 spiro atoms. The number of nitrogens with zero attached hydrogens (tertiary/aromatic N) is 2. The molecule has 2 aromatic rings. The lowest BCUT2D eigenvalue weighted by Crippen LogP contribution is -2.52. The molecule has 148 valence electrons. The number of hydrogen-bond donors (Lipinski definition) is 1. The fourth-order valence-electron chi connectivity index (χ4n) is 4.42. The average Bonchev–Trinajstić information content (AvgIpc) is 2.77. The molecule has 2 fully saturated rings. The Morgan fingerprint density at radius 1 is 0.893 bits per heavy atom. The Kier molecular flexibility index (Phi) is 6.30. The van der Waals surface area contributed by atoms with Crippen molar-refractivity contribution in [2.45, 2.75) is 18.9 Å². The summed E-state index contributed by atoms with van der Waals surface area (Å²) in [6, 6.07) is 19.0. The number of piperazine rings is 1. The maximum Gasteiger partial charge on any atom is 0.225 e. The van der Waals surface area contributed by atoms with Crippen LogP contribution in [0.25, 0.3) is 0 Å². The highest BCUT2D eigenvalue weighted by Crippen LogP contribution is 2.30. The number of benzene rings is 2. The van der Waals surface area contributed by atoms with E-state index in [9.17, 15) is 4.79 Å². The lowest BCUT2D eigenvalue weighted by molar-refractivity contribution is -0.138. The summed E-state index contributed by atoms with van der Waals surface area (Å²) in [5.41, 5.74) is 2.52. The highest BCUT2D eigenvalue weighted by Gasteiger charge is 2.31. The quantitative estimate of drug-likeness (QED) is 0.856. The van der Waals surface area contributed by atoms with Gasteiger partial charge in [-0.2, -0.15) is 0 Å². The van der Waals surface area contributed by atoms with Gasteiger partial charge in [0.1, 0.15) is 0 Å². The van der Waals surface area contributed by atoms with E-state index in [0.29, 0.717) is 5.91 Å². The van der Waals surface area contributed by atoms with Crippen molar-refractivity contribution in [2.24, 2.45) is 5.92 Å². The first kappa shape index (κ1) is 19.4. The van der Waals surface area contributed by atoms with Gasteiger partial charge in [0.05, 0.1) is 6.04 Å². The van der Waals surface area contributed by atoms with Crippen molar-refractivity contribution >= 4 is 17.5 Å². The molecule has 0 saturated carbocycles. The molecule has 5 heteroatoms. The Morgan fingerprint density at radius 2 is 1.50 bits per heavy atom. The van der Waals surface area contributed by atoms with Gasteiger partial charge in [0.15, 0.2) is 0 Å². The number of carbonyl (C=O) groups excluding carboxylic acids is 1. The van der Waals surface area contributed by atoms with Crippen LogP contribution in [0, 0.1) is 5.92 Å². The first-order valence-corrected chi connectivity index (χ1v) is 10.6. The minimum atomic E-state index is 0.189. The van der Waals surface area contributed by atoms with Crippen LogP contribution in [-0.4, -0.2) is 55.0 Å². The van der Waals surface area contributed by atoms with E-state index in [0.717, 1.165) is 57.1 Å². The Morgan fingerprint density at radius 3 is 2.14 bits per heavy atom. The van der Waals surface area contributed by atoms with Gasteiger partial charge in [-0.15, -0.1) is 0 Å². The third-order valence-corrected chi connectivity index (χ3v) is 6.23. The van der Waals surface area contributed by atoms with Crippen LogP contribution in [0.3, 0.4) is 0 Å². The van der Waals surface area contributed by atoms with Crippen LogP contribution in [0.4, 0.5) is 0 Å². The molecule has 1 N–H and O–H groups in total. The van der Waals surface area contributed by atoms with Crippen molar-refractivity contribution in [3.8, 4) is 0 Å². The predicted octanol–water partition coefficient (Wildman–Crippen LogP) is 3.57. The largest absolute Gasteiger partial charge is 0.340 e. The van der Waals surface area contributed by atoms with Gasteiger partial charge in [-0.25, -0.2) is 0 Å². The summed E-state index contributed by atoms with van der Waals surface area (Å²) in [7, 11) is 0. The number of amides is 1. The Labute approximate surface area is 172 Å². The van der Waals surface area contributed by atoms with E-state index in [-0.39, 0.29) is 12.0 Å². The number of halogens is 1. The monoisotopic (exact) mass is 397 g/mol. The van der Waals surface area contributed by atoms with Gasteiger partial charge in [-0.3, -0.25) is 9.69 Å². The van der Waals surface area contributed by atoms with Crippen molar-refractivity contribution in [2.75, 3.05) is 39.3 Å². The molecule has 0 aromatic heterocycles. The second-order valence-corrected chi connectivity index (χ2v) is 8.19. The molecule has 2 aliphatic heterocycles. The van der Waals surface area contributed by atoms with E-state index >= 15 is 0 Å². The van der Waals surface area contributed by atoms with E-state index in [1.54, 1.807) is 0 Å². The van der Waals surface area contributed by atoms with Gasteiger partial charge in [0.25, 0.3) is 0 Å². The standard InChI is InChI=1S/C23H28ClN3O/c24-21-8-6-19(7-9-21)22(18-4-2-1-3-5-18)26-14-16-27(17-15-26)23(28)20-10-12-25-13-11-20/h1-9,20,22,25H,10-17H2. The van der Waals surface area contributed by atoms with Crippen LogP contribution in [0.2, 0.25) is 5.02 Å². The number of carbonyl (C=O) groups is 1. The molecule has 28 heavy (non-hydrogen) atoms. The van der Waals surface area contributed by atoms with Gasteiger partial charge >= 0.3 is 0 Å². The Balaban J connectivity index is 1.48. The molecule has 4 rings (SSSR count). The zero-order valence-electron chi connectivity index (χ0n) is 16.2. The third-order valence-electron chi connectivity index (χ3n) is 5.98. The first-order chi connectivity index (χ1) is 13.7. The first-order valence-electron chi connectivity index (χ1n) is 10.3. The summed E-state index contributed by atoms with van der Waals surface area (Å²) >= 11 is 6.11. The molecule has 1 amide bonds. The molecule has 2 heterocycles. The van der Waals surface area contributed by atoms with E-state index in [1.807, 2.05) is 12.1 Å². The molecular formula is C23H28ClN3O. The molecule has 0 bridgehead atoms. The lowest BCUT2D eigenvalue weighted by Gasteiger charge is -2.41. The average molecular weight is 398 g/mol. The Hall–Kier alpha value is -1.88. The van der Waals surface area contributed by atoms with Crippen LogP contribution < -0.4 is 5.32 Å². The zero-order chi connectivity index (χ0) is 19.3. The highest BCUT2D eigenvalue weighted by molar-refractivity contribution is 6.30. The minimum Gasteiger partial charge on any atom is -0.340 e. The second kappa shape index (κ2) is 9.08. The van der Waals surface area contributed by atoms with E-state index < -0.39 is 0 Å². The van der Waals surface area contributed by atoms with E-state index in [2.05, 4.69) is 57.6 Å². The van der Waals surface area contributed by atoms with Crippen molar-refractivity contribution in [3.05, 3.63) is 70.7 Å². The molecule has 0 aliphatic carbocycles. The minimum absolute atomic E-state index is 0.189. The molecule has 2 aliphatic rings. The summed E-state index contributed by atoms with van der Waals surface area (Å²) < 4.78 is 0.